The molecule has 1 unspecified atom stereocenters. The van der Waals surface area contributed by atoms with Crippen molar-refractivity contribution in [1.29, 1.82) is 0 Å². The Morgan fingerprint density at radius 2 is 2.22 bits per heavy atom. The number of halogens is 1. The molecule has 0 fully saturated rings. The molecule has 0 heterocycles. The minimum Gasteiger partial charge on any atom is -0.0829 e. The fraction of sp³-hybridized carbons (Fsp3) is 0.875. The quantitative estimate of drug-likeness (QED) is 0.390. The first-order chi connectivity index (χ1) is 4.27. The van der Waals surface area contributed by atoms with Gasteiger partial charge in [-0.05, 0) is 12.8 Å². The first kappa shape index (κ1) is 9.73. The molecule has 0 aliphatic carbocycles. The van der Waals surface area contributed by atoms with Gasteiger partial charge in [0.25, 0.3) is 0 Å². The molecule has 0 spiro atoms. The van der Waals surface area contributed by atoms with E-state index in [1.165, 1.54) is 25.7 Å². The summed E-state index contributed by atoms with van der Waals surface area (Å²) < 4.78 is 0.819. The second-order valence-electron chi connectivity index (χ2n) is 2.45. The van der Waals surface area contributed by atoms with Gasteiger partial charge in [0.2, 0.25) is 0 Å². The summed E-state index contributed by atoms with van der Waals surface area (Å²) in [7, 11) is 0. The van der Waals surface area contributed by atoms with Crippen LogP contribution < -0.4 is 0 Å². The fourth-order valence-electron chi connectivity index (χ4n) is 0.696. The third kappa shape index (κ3) is 8.73. The van der Waals surface area contributed by atoms with Gasteiger partial charge in [-0.25, -0.2) is 0 Å². The SMILES string of the molecule is CCCC[CH]CC(C)I. The molecule has 9 heavy (non-hydrogen) atoms. The van der Waals surface area contributed by atoms with Crippen molar-refractivity contribution in [3.05, 3.63) is 6.42 Å². The third-order valence-electron chi connectivity index (χ3n) is 1.25. The molecule has 0 aromatic carbocycles. The summed E-state index contributed by atoms with van der Waals surface area (Å²) in [6, 6.07) is 0. The van der Waals surface area contributed by atoms with E-state index in [-0.39, 0.29) is 0 Å². The molecule has 0 amide bonds. The summed E-state index contributed by atoms with van der Waals surface area (Å²) in [4.78, 5) is 0. The van der Waals surface area contributed by atoms with Gasteiger partial charge in [0, 0.05) is 3.92 Å². The van der Waals surface area contributed by atoms with E-state index in [4.69, 9.17) is 0 Å². The van der Waals surface area contributed by atoms with E-state index >= 15 is 0 Å². The third-order valence-corrected chi connectivity index (χ3v) is 1.76. The Bertz CT molecular complexity index is 50.5. The van der Waals surface area contributed by atoms with Crippen molar-refractivity contribution < 1.29 is 0 Å². The highest BCUT2D eigenvalue weighted by molar-refractivity contribution is 14.1. The van der Waals surface area contributed by atoms with Crippen molar-refractivity contribution in [2.75, 3.05) is 0 Å². The van der Waals surface area contributed by atoms with Crippen LogP contribution in [0.3, 0.4) is 0 Å². The lowest BCUT2D eigenvalue weighted by Crippen LogP contribution is -1.89. The van der Waals surface area contributed by atoms with Gasteiger partial charge in [0.05, 0.1) is 0 Å². The minimum absolute atomic E-state index is 0.819. The number of rotatable bonds is 5. The van der Waals surface area contributed by atoms with Gasteiger partial charge in [-0.15, -0.1) is 0 Å². The van der Waals surface area contributed by atoms with E-state index < -0.39 is 0 Å². The summed E-state index contributed by atoms with van der Waals surface area (Å²) in [5.74, 6) is 0. The van der Waals surface area contributed by atoms with E-state index in [0.29, 0.717) is 0 Å². The van der Waals surface area contributed by atoms with Gasteiger partial charge in [-0.1, -0.05) is 55.7 Å². The summed E-state index contributed by atoms with van der Waals surface area (Å²) in [5.41, 5.74) is 0. The molecule has 0 aromatic rings. The monoisotopic (exact) mass is 239 g/mol. The number of hydrogen-bond acceptors (Lipinski definition) is 0. The lowest BCUT2D eigenvalue weighted by atomic mass is 10.1. The van der Waals surface area contributed by atoms with Gasteiger partial charge >= 0.3 is 0 Å². The van der Waals surface area contributed by atoms with Gasteiger partial charge in [0.15, 0.2) is 0 Å². The predicted octanol–water partition coefficient (Wildman–Crippen LogP) is 3.59. The zero-order valence-electron chi connectivity index (χ0n) is 6.36. The van der Waals surface area contributed by atoms with Crippen molar-refractivity contribution in [2.45, 2.75) is 43.5 Å². The van der Waals surface area contributed by atoms with Crippen molar-refractivity contribution in [3.8, 4) is 0 Å². The molecule has 0 nitrogen and oxygen atoms in total. The lowest BCUT2D eigenvalue weighted by molar-refractivity contribution is 0.747. The molecule has 0 rings (SSSR count). The largest absolute Gasteiger partial charge is 0.0829 e. The highest BCUT2D eigenvalue weighted by atomic mass is 127. The zero-order valence-corrected chi connectivity index (χ0v) is 8.52. The predicted molar refractivity (Wildman–Crippen MR) is 51.9 cm³/mol. The van der Waals surface area contributed by atoms with E-state index in [0.717, 1.165) is 3.92 Å². The maximum absolute atomic E-state index is 2.46. The smallest absolute Gasteiger partial charge is 0.00840 e. The van der Waals surface area contributed by atoms with Crippen molar-refractivity contribution in [3.63, 3.8) is 0 Å². The summed E-state index contributed by atoms with van der Waals surface area (Å²) in [6.07, 6.45) is 7.68. The van der Waals surface area contributed by atoms with Gasteiger partial charge in [-0.3, -0.25) is 0 Å². The van der Waals surface area contributed by atoms with Crippen LogP contribution in [0.5, 0.6) is 0 Å². The lowest BCUT2D eigenvalue weighted by Gasteiger charge is -2.00. The van der Waals surface area contributed by atoms with Crippen molar-refractivity contribution in [2.24, 2.45) is 0 Å². The Balaban J connectivity index is 2.75. The Kier molecular flexibility index (Phi) is 7.40. The van der Waals surface area contributed by atoms with E-state index in [1.54, 1.807) is 0 Å². The molecular weight excluding hydrogens is 223 g/mol. The van der Waals surface area contributed by atoms with E-state index in [1.807, 2.05) is 0 Å². The Morgan fingerprint density at radius 3 is 2.67 bits per heavy atom. The second-order valence-corrected chi connectivity index (χ2v) is 4.57. The standard InChI is InChI=1S/C8H16I/c1-3-4-5-6-7-8(2)9/h6,8H,3-5,7H2,1-2H3. The first-order valence-corrected chi connectivity index (χ1v) is 4.97. The van der Waals surface area contributed by atoms with Crippen molar-refractivity contribution in [1.82, 2.24) is 0 Å². The minimum atomic E-state index is 0.819. The van der Waals surface area contributed by atoms with Crippen LogP contribution in [0.2, 0.25) is 0 Å². The number of unbranched alkanes of at least 4 members (excludes halogenated alkanes) is 3. The maximum atomic E-state index is 2.46. The van der Waals surface area contributed by atoms with E-state index in [2.05, 4.69) is 42.9 Å². The molecular formula is C8H16I. The van der Waals surface area contributed by atoms with Crippen LogP contribution >= 0.6 is 22.6 Å². The molecule has 0 aliphatic heterocycles. The fourth-order valence-corrected chi connectivity index (χ4v) is 1.06. The molecule has 1 atom stereocenters. The molecule has 0 aromatic heterocycles. The second kappa shape index (κ2) is 6.84. The van der Waals surface area contributed by atoms with Crippen LogP contribution in [-0.2, 0) is 0 Å². The molecule has 0 saturated heterocycles. The number of hydrogen-bond donors (Lipinski definition) is 0. The maximum Gasteiger partial charge on any atom is 0.00840 e. The highest BCUT2D eigenvalue weighted by Gasteiger charge is 1.93. The van der Waals surface area contributed by atoms with Gasteiger partial charge < -0.3 is 0 Å². The normalized spacial score (nSPS) is 13.7. The van der Waals surface area contributed by atoms with Crippen LogP contribution in [0.4, 0.5) is 0 Å². The highest BCUT2D eigenvalue weighted by Crippen LogP contribution is 2.09. The summed E-state index contributed by atoms with van der Waals surface area (Å²) in [6.45, 7) is 4.49. The van der Waals surface area contributed by atoms with Crippen LogP contribution in [0.25, 0.3) is 0 Å². The van der Waals surface area contributed by atoms with E-state index in [9.17, 15) is 0 Å². The molecule has 0 aliphatic rings. The van der Waals surface area contributed by atoms with Gasteiger partial charge in [0.1, 0.15) is 0 Å². The zero-order chi connectivity index (χ0) is 7.11. The molecule has 0 saturated carbocycles. The number of alkyl halides is 1. The topological polar surface area (TPSA) is 0 Å². The Labute approximate surface area is 72.6 Å². The average Bonchev–Trinajstić information content (AvgIpc) is 1.80. The molecule has 0 N–H and O–H groups in total. The Hall–Kier alpha value is 0.730. The molecule has 1 heteroatoms. The molecule has 0 bridgehead atoms. The first-order valence-electron chi connectivity index (χ1n) is 3.73. The van der Waals surface area contributed by atoms with Crippen LogP contribution in [0, 0.1) is 6.42 Å². The summed E-state index contributed by atoms with van der Waals surface area (Å²) >= 11 is 2.46. The van der Waals surface area contributed by atoms with Gasteiger partial charge in [-0.2, -0.15) is 0 Å². The summed E-state index contributed by atoms with van der Waals surface area (Å²) in [5, 5.41) is 0. The van der Waals surface area contributed by atoms with Crippen LogP contribution in [-0.4, -0.2) is 3.92 Å². The average molecular weight is 239 g/mol. The van der Waals surface area contributed by atoms with Crippen LogP contribution in [0.1, 0.15) is 39.5 Å². The molecule has 55 valence electrons. The van der Waals surface area contributed by atoms with Crippen LogP contribution in [0.15, 0.2) is 0 Å². The molecule has 1 radical (unpaired) electrons. The van der Waals surface area contributed by atoms with Crippen molar-refractivity contribution >= 4 is 22.6 Å². The Morgan fingerprint density at radius 1 is 1.56 bits per heavy atom.